The fourth-order valence-electron chi connectivity index (χ4n) is 3.60. The zero-order valence-corrected chi connectivity index (χ0v) is 17.2. The van der Waals surface area contributed by atoms with E-state index in [1.807, 2.05) is 13.0 Å². The Bertz CT molecular complexity index is 1070. The predicted molar refractivity (Wildman–Crippen MR) is 113 cm³/mol. The Kier molecular flexibility index (Phi) is 5.53. The number of nitrogens with zero attached hydrogens (tertiary/aromatic N) is 2. The summed E-state index contributed by atoms with van der Waals surface area (Å²) in [6.45, 7) is 1.90. The van der Waals surface area contributed by atoms with Gasteiger partial charge in [-0.1, -0.05) is 37.5 Å². The highest BCUT2D eigenvalue weighted by Crippen LogP contribution is 2.28. The molecule has 1 saturated carbocycles. The molecule has 0 spiro atoms. The molecular formula is C21H25N5O2S. The third-order valence-corrected chi connectivity index (χ3v) is 6.83. The molecule has 0 unspecified atom stereocenters. The van der Waals surface area contributed by atoms with E-state index in [-0.39, 0.29) is 9.79 Å². The van der Waals surface area contributed by atoms with Crippen LogP contribution >= 0.6 is 0 Å². The molecule has 152 valence electrons. The number of aromatic nitrogens is 3. The summed E-state index contributed by atoms with van der Waals surface area (Å²) in [7, 11) is -3.66. The Morgan fingerprint density at radius 1 is 0.931 bits per heavy atom. The van der Waals surface area contributed by atoms with Crippen LogP contribution in [0.4, 0.5) is 17.5 Å². The van der Waals surface area contributed by atoms with Crippen LogP contribution in [0.5, 0.6) is 0 Å². The average Bonchev–Trinajstić information content (AvgIpc) is 3.14. The van der Waals surface area contributed by atoms with Crippen molar-refractivity contribution in [3.63, 3.8) is 0 Å². The molecule has 8 heteroatoms. The van der Waals surface area contributed by atoms with Gasteiger partial charge in [0, 0.05) is 23.9 Å². The number of H-pyrrole nitrogens is 1. The molecule has 2 heterocycles. The topological polar surface area (TPSA) is 99.8 Å². The number of sulfone groups is 1. The van der Waals surface area contributed by atoms with Crippen molar-refractivity contribution in [1.29, 1.82) is 0 Å². The fraction of sp³-hybridized carbons (Fsp3) is 0.333. The van der Waals surface area contributed by atoms with Crippen molar-refractivity contribution in [3.8, 4) is 0 Å². The first-order valence-electron chi connectivity index (χ1n) is 9.88. The third-order valence-electron chi connectivity index (χ3n) is 5.08. The van der Waals surface area contributed by atoms with Crippen LogP contribution in [0.15, 0.2) is 58.3 Å². The highest BCUT2D eigenvalue weighted by atomic mass is 32.2. The number of nitrogens with one attached hydrogen (secondary N) is 3. The first-order chi connectivity index (χ1) is 14.0. The molecule has 3 aromatic rings. The van der Waals surface area contributed by atoms with E-state index in [9.17, 15) is 8.42 Å². The molecule has 0 amide bonds. The van der Waals surface area contributed by atoms with Crippen molar-refractivity contribution in [1.82, 2.24) is 15.2 Å². The highest BCUT2D eigenvalue weighted by Gasteiger charge is 2.21. The second-order valence-corrected chi connectivity index (χ2v) is 9.38. The molecule has 0 atom stereocenters. The van der Waals surface area contributed by atoms with Gasteiger partial charge >= 0.3 is 0 Å². The van der Waals surface area contributed by atoms with Crippen LogP contribution < -0.4 is 10.6 Å². The molecule has 1 aliphatic carbocycles. The maximum Gasteiger partial charge on any atom is 0.206 e. The molecule has 0 bridgehead atoms. The molecule has 0 aliphatic heterocycles. The highest BCUT2D eigenvalue weighted by molar-refractivity contribution is 7.91. The van der Waals surface area contributed by atoms with Gasteiger partial charge in [0.1, 0.15) is 11.6 Å². The number of aromatic amines is 1. The van der Waals surface area contributed by atoms with E-state index in [4.69, 9.17) is 0 Å². The van der Waals surface area contributed by atoms with E-state index in [1.165, 1.54) is 19.3 Å². The normalized spacial score (nSPS) is 15.2. The number of anilines is 3. The van der Waals surface area contributed by atoms with E-state index in [2.05, 4.69) is 25.8 Å². The number of hydrogen-bond donors (Lipinski definition) is 3. The number of hydrogen-bond acceptors (Lipinski definition) is 6. The van der Waals surface area contributed by atoms with E-state index in [0.29, 0.717) is 23.5 Å². The minimum absolute atomic E-state index is 0.201. The first kappa shape index (κ1) is 19.4. The molecule has 1 aromatic carbocycles. The van der Waals surface area contributed by atoms with E-state index in [1.54, 1.807) is 42.5 Å². The van der Waals surface area contributed by atoms with Crippen molar-refractivity contribution >= 4 is 27.3 Å². The smallest absolute Gasteiger partial charge is 0.206 e. The van der Waals surface area contributed by atoms with Gasteiger partial charge in [-0.05, 0) is 38.0 Å². The molecule has 7 nitrogen and oxygen atoms in total. The lowest BCUT2D eigenvalue weighted by molar-refractivity contribution is 0.462. The molecule has 1 fully saturated rings. The van der Waals surface area contributed by atoms with Gasteiger partial charge in [-0.25, -0.2) is 13.4 Å². The van der Waals surface area contributed by atoms with E-state index in [0.717, 1.165) is 18.5 Å². The molecule has 4 rings (SSSR count). The summed E-state index contributed by atoms with van der Waals surface area (Å²) < 4.78 is 26.4. The van der Waals surface area contributed by atoms with Gasteiger partial charge in [0.15, 0.2) is 5.82 Å². The second-order valence-electron chi connectivity index (χ2n) is 7.43. The van der Waals surface area contributed by atoms with Crippen LogP contribution in [-0.2, 0) is 9.84 Å². The van der Waals surface area contributed by atoms with Crippen molar-refractivity contribution < 1.29 is 8.42 Å². The monoisotopic (exact) mass is 411 g/mol. The second kappa shape index (κ2) is 8.24. The van der Waals surface area contributed by atoms with Gasteiger partial charge in [0.25, 0.3) is 0 Å². The molecular weight excluding hydrogens is 386 g/mol. The summed E-state index contributed by atoms with van der Waals surface area (Å²) in [4.78, 5) is 5.06. The van der Waals surface area contributed by atoms with Gasteiger partial charge in [0.2, 0.25) is 9.84 Å². The van der Waals surface area contributed by atoms with Crippen LogP contribution in [0.2, 0.25) is 0 Å². The summed E-state index contributed by atoms with van der Waals surface area (Å²) in [5.41, 5.74) is 0.904. The van der Waals surface area contributed by atoms with E-state index < -0.39 is 9.84 Å². The summed E-state index contributed by atoms with van der Waals surface area (Å²) in [5, 5.41) is 13.6. The van der Waals surface area contributed by atoms with Crippen molar-refractivity contribution in [2.45, 2.75) is 54.9 Å². The molecule has 29 heavy (non-hydrogen) atoms. The number of pyridine rings is 1. The Hall–Kier alpha value is -2.87. The van der Waals surface area contributed by atoms with Gasteiger partial charge < -0.3 is 10.6 Å². The van der Waals surface area contributed by atoms with Gasteiger partial charge in [0.05, 0.1) is 9.79 Å². The average molecular weight is 412 g/mol. The molecule has 3 N–H and O–H groups in total. The summed E-state index contributed by atoms with van der Waals surface area (Å²) >= 11 is 0. The van der Waals surface area contributed by atoms with Crippen molar-refractivity contribution in [2.75, 3.05) is 10.6 Å². The van der Waals surface area contributed by atoms with Crippen molar-refractivity contribution in [3.05, 3.63) is 54.2 Å². The van der Waals surface area contributed by atoms with Crippen LogP contribution in [0.25, 0.3) is 0 Å². The Morgan fingerprint density at radius 2 is 1.66 bits per heavy atom. The lowest BCUT2D eigenvalue weighted by Crippen LogP contribution is -2.23. The maximum absolute atomic E-state index is 13.2. The van der Waals surface area contributed by atoms with Gasteiger partial charge in [-0.2, -0.15) is 5.10 Å². The van der Waals surface area contributed by atoms with Gasteiger partial charge in [-0.3, -0.25) is 5.10 Å². The number of rotatable bonds is 6. The fourth-order valence-corrected chi connectivity index (χ4v) is 4.92. The number of benzene rings is 1. The quantitative estimate of drug-likeness (QED) is 0.555. The predicted octanol–water partition coefficient (Wildman–Crippen LogP) is 4.43. The van der Waals surface area contributed by atoms with Crippen LogP contribution in [0.3, 0.4) is 0 Å². The Morgan fingerprint density at radius 3 is 2.34 bits per heavy atom. The number of aryl methyl sites for hydroxylation is 1. The third kappa shape index (κ3) is 4.59. The molecule has 0 saturated heterocycles. The van der Waals surface area contributed by atoms with Crippen LogP contribution in [0, 0.1) is 6.92 Å². The largest absolute Gasteiger partial charge is 0.367 e. The Balaban J connectivity index is 1.70. The van der Waals surface area contributed by atoms with Crippen LogP contribution in [-0.4, -0.2) is 29.6 Å². The van der Waals surface area contributed by atoms with Crippen LogP contribution in [0.1, 0.15) is 37.8 Å². The summed E-state index contributed by atoms with van der Waals surface area (Å²) in [5.74, 6) is 1.59. The zero-order valence-electron chi connectivity index (χ0n) is 16.4. The lowest BCUT2D eigenvalue weighted by Gasteiger charge is -2.23. The summed E-state index contributed by atoms with van der Waals surface area (Å²) in [6.07, 6.45) is 5.74. The maximum atomic E-state index is 13.2. The molecule has 1 aliphatic rings. The van der Waals surface area contributed by atoms with Gasteiger partial charge in [-0.15, -0.1) is 0 Å². The summed E-state index contributed by atoms with van der Waals surface area (Å²) in [6, 6.07) is 13.8. The lowest BCUT2D eigenvalue weighted by atomic mass is 9.95. The van der Waals surface area contributed by atoms with Crippen molar-refractivity contribution in [2.24, 2.45) is 0 Å². The minimum Gasteiger partial charge on any atom is -0.367 e. The first-order valence-corrected chi connectivity index (χ1v) is 11.4. The Labute approximate surface area is 170 Å². The molecule has 0 radical (unpaired) electrons. The van der Waals surface area contributed by atoms with E-state index >= 15 is 0 Å². The molecule has 2 aromatic heterocycles. The standard InChI is InChI=1S/C21H25N5O2S/c1-15-12-21(26-25-15)24-20-14-18(29(27,28)17-10-6-3-7-11-17)13-19(23-20)22-16-8-4-2-5-9-16/h3,6-7,10-14,16H,2,4-5,8-9H2,1H3,(H3,22,23,24,25,26). The zero-order chi connectivity index (χ0) is 20.3. The minimum atomic E-state index is -3.66. The SMILES string of the molecule is Cc1cc(Nc2cc(S(=O)(=O)c3ccccc3)cc(NC3CCCCC3)n2)n[nH]1.